The molecule has 2 N–H and O–H groups in total. The minimum Gasteiger partial charge on any atom is -0.497 e. The molecule has 1 fully saturated rings. The van der Waals surface area contributed by atoms with Crippen molar-refractivity contribution in [2.45, 2.75) is 38.3 Å². The van der Waals surface area contributed by atoms with Crippen LogP contribution in [0, 0.1) is 0 Å². The first-order valence-electron chi connectivity index (χ1n) is 9.40. The minimum atomic E-state index is -0.370. The molecular weight excluding hydrogens is 356 g/mol. The lowest BCUT2D eigenvalue weighted by atomic mass is 10.0. The number of hydrogen-bond acceptors (Lipinski definition) is 4. The van der Waals surface area contributed by atoms with E-state index in [-0.39, 0.29) is 30.6 Å². The lowest BCUT2D eigenvalue weighted by Crippen LogP contribution is -2.43. The molecule has 2 unspecified atom stereocenters. The summed E-state index contributed by atoms with van der Waals surface area (Å²) in [5.41, 5.74) is 6.14. The quantitative estimate of drug-likeness (QED) is 0.818. The molecule has 0 aromatic heterocycles. The molecule has 150 valence electrons. The van der Waals surface area contributed by atoms with Gasteiger partial charge in [-0.15, -0.1) is 0 Å². The molecule has 2 amide bonds. The van der Waals surface area contributed by atoms with Gasteiger partial charge in [0.2, 0.25) is 5.91 Å². The maximum absolute atomic E-state index is 12.2. The lowest BCUT2D eigenvalue weighted by molar-refractivity contribution is -0.118. The van der Waals surface area contributed by atoms with Crippen molar-refractivity contribution >= 4 is 12.0 Å². The third-order valence-electron chi connectivity index (χ3n) is 4.64. The normalized spacial score (nSPS) is 17.0. The molecule has 1 saturated heterocycles. The molecule has 3 rings (SSSR count). The van der Waals surface area contributed by atoms with Crippen LogP contribution in [-0.2, 0) is 9.53 Å². The monoisotopic (exact) mass is 384 g/mol. The number of hydrogen-bond donors (Lipinski definition) is 1. The predicted molar refractivity (Wildman–Crippen MR) is 108 cm³/mol. The van der Waals surface area contributed by atoms with E-state index < -0.39 is 0 Å². The van der Waals surface area contributed by atoms with Crippen LogP contribution < -0.4 is 10.5 Å². The first-order valence-corrected chi connectivity index (χ1v) is 9.40. The first kappa shape index (κ1) is 21.3. The fraction of sp³-hybridized carbons (Fsp3) is 0.364. The number of carbonyl (C=O) groups excluding carboxylic acids is 2. The largest absolute Gasteiger partial charge is 0.497 e. The third kappa shape index (κ3) is 6.61. The number of carbonyl (C=O) groups is 2. The Balaban J connectivity index is 0.000000397. The van der Waals surface area contributed by atoms with Crippen LogP contribution in [0.4, 0.5) is 4.79 Å². The molecule has 1 aliphatic heterocycles. The Morgan fingerprint density at radius 1 is 1.18 bits per heavy atom. The van der Waals surface area contributed by atoms with Gasteiger partial charge in [0, 0.05) is 19.4 Å². The highest BCUT2D eigenvalue weighted by Crippen LogP contribution is 2.27. The Kier molecular flexibility index (Phi) is 8.34. The zero-order valence-corrected chi connectivity index (χ0v) is 16.4. The minimum absolute atomic E-state index is 0.0736. The molecule has 6 nitrogen and oxygen atoms in total. The molecule has 2 aromatic rings. The number of amides is 2. The number of ether oxygens (including phenoxy) is 2. The van der Waals surface area contributed by atoms with Crippen LogP contribution in [0.1, 0.15) is 37.8 Å². The van der Waals surface area contributed by atoms with Gasteiger partial charge in [0.15, 0.2) is 0 Å². The van der Waals surface area contributed by atoms with Gasteiger partial charge in [0.25, 0.3) is 0 Å². The summed E-state index contributed by atoms with van der Waals surface area (Å²) in [5, 5.41) is 0. The van der Waals surface area contributed by atoms with E-state index in [0.717, 1.165) is 11.3 Å². The van der Waals surface area contributed by atoms with E-state index in [1.54, 1.807) is 12.0 Å². The van der Waals surface area contributed by atoms with Gasteiger partial charge in [-0.2, -0.15) is 0 Å². The Hall–Kier alpha value is -3.02. The number of nitrogens with zero attached hydrogens (tertiary/aromatic N) is 1. The average molecular weight is 384 g/mol. The molecule has 0 spiro atoms. The maximum atomic E-state index is 12.2. The fourth-order valence-electron chi connectivity index (χ4n) is 2.95. The van der Waals surface area contributed by atoms with E-state index in [9.17, 15) is 9.59 Å². The maximum Gasteiger partial charge on any atom is 0.410 e. The highest BCUT2D eigenvalue weighted by molar-refractivity contribution is 5.74. The lowest BCUT2D eigenvalue weighted by Gasteiger charge is -2.35. The topological polar surface area (TPSA) is 81.9 Å². The Morgan fingerprint density at radius 3 is 2.21 bits per heavy atom. The van der Waals surface area contributed by atoms with Crippen molar-refractivity contribution in [2.75, 3.05) is 13.7 Å². The van der Waals surface area contributed by atoms with Crippen molar-refractivity contribution in [1.29, 1.82) is 0 Å². The van der Waals surface area contributed by atoms with Gasteiger partial charge in [-0.25, -0.2) is 4.79 Å². The fourth-order valence-corrected chi connectivity index (χ4v) is 2.95. The van der Waals surface area contributed by atoms with Crippen LogP contribution in [0.3, 0.4) is 0 Å². The summed E-state index contributed by atoms with van der Waals surface area (Å²) >= 11 is 0. The molecule has 0 radical (unpaired) electrons. The second kappa shape index (κ2) is 11.0. The van der Waals surface area contributed by atoms with Crippen molar-refractivity contribution in [2.24, 2.45) is 5.73 Å². The van der Waals surface area contributed by atoms with Crippen molar-refractivity contribution < 1.29 is 19.1 Å². The van der Waals surface area contributed by atoms with Gasteiger partial charge in [-0.05, 0) is 31.0 Å². The molecule has 28 heavy (non-hydrogen) atoms. The van der Waals surface area contributed by atoms with E-state index in [2.05, 4.69) is 0 Å². The number of nitrogens with two attached hydrogens (primary N) is 1. The van der Waals surface area contributed by atoms with Gasteiger partial charge >= 0.3 is 6.09 Å². The van der Waals surface area contributed by atoms with Crippen molar-refractivity contribution in [3.63, 3.8) is 0 Å². The summed E-state index contributed by atoms with van der Waals surface area (Å²) in [4.78, 5) is 24.6. The summed E-state index contributed by atoms with van der Waals surface area (Å²) < 4.78 is 10.5. The molecule has 1 aliphatic rings. The number of rotatable bonds is 6. The molecule has 0 bridgehead atoms. The zero-order valence-electron chi connectivity index (χ0n) is 16.4. The van der Waals surface area contributed by atoms with Crippen molar-refractivity contribution in [3.8, 4) is 5.75 Å². The van der Waals surface area contributed by atoms with E-state index in [0.29, 0.717) is 19.4 Å². The van der Waals surface area contributed by atoms with Crippen LogP contribution in [0.5, 0.6) is 5.75 Å². The predicted octanol–water partition coefficient (Wildman–Crippen LogP) is 3.92. The Morgan fingerprint density at radius 2 is 1.75 bits per heavy atom. The molecule has 6 heteroatoms. The molecule has 0 aliphatic carbocycles. The highest BCUT2D eigenvalue weighted by atomic mass is 16.6. The number of primary amides is 1. The van der Waals surface area contributed by atoms with Gasteiger partial charge in [0.1, 0.15) is 11.9 Å². The first-order chi connectivity index (χ1) is 13.5. The van der Waals surface area contributed by atoms with Gasteiger partial charge in [-0.3, -0.25) is 4.79 Å². The summed E-state index contributed by atoms with van der Waals surface area (Å²) in [7, 11) is 1.62. The van der Waals surface area contributed by atoms with Gasteiger partial charge < -0.3 is 20.1 Å². The smallest absolute Gasteiger partial charge is 0.410 e. The van der Waals surface area contributed by atoms with E-state index >= 15 is 0 Å². The summed E-state index contributed by atoms with van der Waals surface area (Å²) in [5.74, 6) is 0.411. The second-order valence-electron chi connectivity index (χ2n) is 6.60. The highest BCUT2D eigenvalue weighted by Gasteiger charge is 2.30. The molecular formula is C22H28N2O4. The Bertz CT molecular complexity index is 707. The standard InChI is InChI=1S/C16H22N2O4.C6H6/c1-11(12-3-5-13(21-2)6-4-12)18-10-9-14(22-16(18)20)7-8-15(17)19;1-2-4-6-5-3-1/h3-6,11,14H,7-10H2,1-2H3,(H2,17,19);1-6H. The van der Waals surface area contributed by atoms with Crippen LogP contribution in [0.25, 0.3) is 0 Å². The van der Waals surface area contributed by atoms with Gasteiger partial charge in [-0.1, -0.05) is 48.5 Å². The Labute approximate surface area is 166 Å². The molecule has 2 aromatic carbocycles. The summed E-state index contributed by atoms with van der Waals surface area (Å²) in [6.45, 7) is 2.57. The van der Waals surface area contributed by atoms with Crippen LogP contribution in [0.2, 0.25) is 0 Å². The second-order valence-corrected chi connectivity index (χ2v) is 6.60. The van der Waals surface area contributed by atoms with E-state index in [1.165, 1.54) is 0 Å². The zero-order chi connectivity index (χ0) is 20.4. The molecule has 0 saturated carbocycles. The SMILES string of the molecule is COc1ccc(C(C)N2CCC(CCC(N)=O)OC2=O)cc1.c1ccccc1. The van der Waals surface area contributed by atoms with E-state index in [1.807, 2.05) is 67.6 Å². The third-order valence-corrected chi connectivity index (χ3v) is 4.64. The van der Waals surface area contributed by atoms with E-state index in [4.69, 9.17) is 15.2 Å². The summed E-state index contributed by atoms with van der Waals surface area (Å²) in [6, 6.07) is 19.6. The average Bonchev–Trinajstić information content (AvgIpc) is 2.73. The van der Waals surface area contributed by atoms with Crippen molar-refractivity contribution in [3.05, 3.63) is 66.2 Å². The number of benzene rings is 2. The van der Waals surface area contributed by atoms with Crippen molar-refractivity contribution in [1.82, 2.24) is 4.90 Å². The van der Waals surface area contributed by atoms with Gasteiger partial charge in [0.05, 0.1) is 13.2 Å². The molecule has 1 heterocycles. The number of cyclic esters (lactones) is 1. The number of methoxy groups -OCH3 is 1. The van der Waals surface area contributed by atoms with Crippen LogP contribution in [-0.4, -0.2) is 36.7 Å². The van der Waals surface area contributed by atoms with Crippen LogP contribution in [0.15, 0.2) is 60.7 Å². The summed E-state index contributed by atoms with van der Waals surface area (Å²) in [6.07, 6.45) is 0.875. The molecule has 2 atom stereocenters. The van der Waals surface area contributed by atoms with Crippen LogP contribution >= 0.6 is 0 Å².